The lowest BCUT2D eigenvalue weighted by atomic mass is 9.33. The van der Waals surface area contributed by atoms with Crippen molar-refractivity contribution in [3.05, 3.63) is 199 Å². The van der Waals surface area contributed by atoms with Crippen LogP contribution in [-0.4, -0.2) is 14.8 Å². The van der Waals surface area contributed by atoms with Crippen LogP contribution in [0.4, 0.5) is 34.1 Å². The highest BCUT2D eigenvalue weighted by Gasteiger charge is 2.56. The molecule has 0 aromatic heterocycles. The quantitative estimate of drug-likeness (QED) is 0.160. The maximum atomic E-state index is 2.59. The van der Waals surface area contributed by atoms with E-state index < -0.39 is 8.07 Å². The summed E-state index contributed by atoms with van der Waals surface area (Å²) in [5.41, 5.74) is 18.3. The van der Waals surface area contributed by atoms with E-state index >= 15 is 0 Å². The van der Waals surface area contributed by atoms with E-state index in [1.807, 2.05) is 0 Å². The molecule has 0 spiro atoms. The van der Waals surface area contributed by atoms with Crippen molar-refractivity contribution in [1.29, 1.82) is 0 Å². The Bertz CT molecular complexity index is 2940. The van der Waals surface area contributed by atoms with E-state index in [0.717, 1.165) is 0 Å². The average Bonchev–Trinajstić information content (AvgIpc) is 3.27. The number of hydrogen-bond acceptors (Lipinski definition) is 2. The van der Waals surface area contributed by atoms with E-state index in [2.05, 4.69) is 240 Å². The minimum Gasteiger partial charge on any atom is -0.311 e. The number of nitrogens with zero attached hydrogens (tertiary/aromatic N) is 2. The van der Waals surface area contributed by atoms with Gasteiger partial charge in [0.05, 0.1) is 0 Å². The maximum absolute atomic E-state index is 2.89. The molecule has 0 saturated heterocycles. The Morgan fingerprint density at radius 1 is 0.393 bits per heavy atom. The first-order chi connectivity index (χ1) is 29.4. The van der Waals surface area contributed by atoms with Crippen molar-refractivity contribution >= 4 is 86.0 Å². The predicted octanol–water partition coefficient (Wildman–Crippen LogP) is 10.0. The fourth-order valence-electron chi connectivity index (χ4n) is 10.8. The molecular formula is C57H51BN2Si. The topological polar surface area (TPSA) is 6.48 Å². The predicted molar refractivity (Wildman–Crippen MR) is 265 cm³/mol. The monoisotopic (exact) mass is 802 g/mol. The van der Waals surface area contributed by atoms with Gasteiger partial charge >= 0.3 is 0 Å². The van der Waals surface area contributed by atoms with E-state index in [0.29, 0.717) is 0 Å². The zero-order valence-electron chi connectivity index (χ0n) is 36.3. The van der Waals surface area contributed by atoms with Gasteiger partial charge in [0.25, 0.3) is 6.71 Å². The molecule has 3 heterocycles. The molecule has 2 nitrogen and oxygen atoms in total. The van der Waals surface area contributed by atoms with Crippen LogP contribution < -0.4 is 46.9 Å². The fraction of sp³-hybridized carbons (Fsp3) is 0.158. The Kier molecular flexibility index (Phi) is 8.37. The van der Waals surface area contributed by atoms with E-state index in [4.69, 9.17) is 0 Å². The van der Waals surface area contributed by atoms with Crippen LogP contribution in [0.25, 0.3) is 11.1 Å². The van der Waals surface area contributed by atoms with E-state index in [9.17, 15) is 0 Å². The Balaban J connectivity index is 1.21. The Morgan fingerprint density at radius 3 is 1.21 bits per heavy atom. The standard InChI is InChI=1S/C57H51BN2Si/c1-38-36-49-53-50(37-38)60(44-34-30-42(31-35-44)57(5,6)7)48-21-15-23-52-55(48)58(53)54-47(59(49)43-32-26-40(27-33-43)39-24-28-41(29-25-39)56(2,3)4)20-14-22-51(54)61(52,45-16-10-8-11-17-45)46-18-12-9-13-19-46/h8-37H,1-7H3. The first kappa shape index (κ1) is 37.6. The van der Waals surface area contributed by atoms with Gasteiger partial charge in [0, 0.05) is 34.1 Å². The molecule has 0 radical (unpaired) electrons. The molecule has 11 rings (SSSR count). The summed E-state index contributed by atoms with van der Waals surface area (Å²) in [6.45, 7) is 16.1. The molecule has 0 atom stereocenters. The van der Waals surface area contributed by atoms with Gasteiger partial charge in [-0.1, -0.05) is 175 Å². The maximum Gasteiger partial charge on any atom is 0.251 e. The molecule has 0 fully saturated rings. The summed E-state index contributed by atoms with van der Waals surface area (Å²) in [7, 11) is -2.89. The third-order valence-electron chi connectivity index (χ3n) is 13.7. The molecule has 0 bridgehead atoms. The van der Waals surface area contributed by atoms with Gasteiger partial charge in [-0.05, 0) is 131 Å². The number of hydrogen-bond donors (Lipinski definition) is 0. The largest absolute Gasteiger partial charge is 0.311 e. The molecule has 8 aromatic carbocycles. The highest BCUT2D eigenvalue weighted by molar-refractivity contribution is 7.27. The van der Waals surface area contributed by atoms with E-state index in [1.165, 1.54) is 99.1 Å². The fourth-order valence-corrected chi connectivity index (χ4v) is 16.1. The van der Waals surface area contributed by atoms with Gasteiger partial charge in [-0.2, -0.15) is 0 Å². The zero-order chi connectivity index (χ0) is 41.8. The molecule has 4 heteroatoms. The molecule has 3 aliphatic heterocycles. The zero-order valence-corrected chi connectivity index (χ0v) is 37.3. The highest BCUT2D eigenvalue weighted by Crippen LogP contribution is 2.45. The van der Waals surface area contributed by atoms with E-state index in [-0.39, 0.29) is 17.5 Å². The first-order valence-corrected chi connectivity index (χ1v) is 23.9. The minimum atomic E-state index is -2.89. The molecule has 0 amide bonds. The van der Waals surface area contributed by atoms with Crippen molar-refractivity contribution in [2.24, 2.45) is 0 Å². The van der Waals surface area contributed by atoms with Crippen molar-refractivity contribution in [2.75, 3.05) is 9.80 Å². The van der Waals surface area contributed by atoms with Crippen LogP contribution in [0, 0.1) is 6.92 Å². The third kappa shape index (κ3) is 5.61. The number of benzene rings is 8. The number of rotatable bonds is 5. The van der Waals surface area contributed by atoms with Gasteiger partial charge in [-0.3, -0.25) is 0 Å². The van der Waals surface area contributed by atoms with Gasteiger partial charge in [0.15, 0.2) is 8.07 Å². The van der Waals surface area contributed by atoms with Crippen LogP contribution in [0.5, 0.6) is 0 Å². The van der Waals surface area contributed by atoms with E-state index in [1.54, 1.807) is 0 Å². The number of aryl methyl sites for hydroxylation is 1. The van der Waals surface area contributed by atoms with Crippen LogP contribution in [0.1, 0.15) is 58.2 Å². The third-order valence-corrected chi connectivity index (χ3v) is 18.6. The summed E-state index contributed by atoms with van der Waals surface area (Å²) in [6.07, 6.45) is 0. The van der Waals surface area contributed by atoms with Crippen molar-refractivity contribution < 1.29 is 0 Å². The molecule has 8 aromatic rings. The summed E-state index contributed by atoms with van der Waals surface area (Å²) < 4.78 is 0. The normalized spacial score (nSPS) is 14.5. The Labute approximate surface area is 363 Å². The smallest absolute Gasteiger partial charge is 0.251 e. The van der Waals surface area contributed by atoms with Crippen molar-refractivity contribution in [3.8, 4) is 11.1 Å². The molecule has 0 N–H and O–H groups in total. The molecule has 0 aliphatic carbocycles. The average molecular weight is 803 g/mol. The number of anilines is 6. The molecule has 0 saturated carbocycles. The summed E-state index contributed by atoms with van der Waals surface area (Å²) in [4.78, 5) is 5.17. The van der Waals surface area contributed by atoms with Gasteiger partial charge < -0.3 is 9.80 Å². The van der Waals surface area contributed by atoms with Crippen LogP contribution in [0.15, 0.2) is 182 Å². The van der Waals surface area contributed by atoms with Crippen LogP contribution in [0.3, 0.4) is 0 Å². The molecule has 3 aliphatic rings. The molecule has 296 valence electrons. The summed E-state index contributed by atoms with van der Waals surface area (Å²) in [5, 5.41) is 5.80. The Morgan fingerprint density at radius 2 is 0.787 bits per heavy atom. The van der Waals surface area contributed by atoms with Gasteiger partial charge in [0.1, 0.15) is 0 Å². The van der Waals surface area contributed by atoms with Crippen molar-refractivity contribution in [3.63, 3.8) is 0 Å². The van der Waals surface area contributed by atoms with Gasteiger partial charge in [-0.15, -0.1) is 0 Å². The van der Waals surface area contributed by atoms with Crippen LogP contribution in [0.2, 0.25) is 0 Å². The summed E-state index contributed by atoms with van der Waals surface area (Å²) in [6, 6.07) is 70.0. The van der Waals surface area contributed by atoms with Crippen LogP contribution >= 0.6 is 0 Å². The second-order valence-electron chi connectivity index (χ2n) is 19.5. The van der Waals surface area contributed by atoms with Crippen LogP contribution in [-0.2, 0) is 10.8 Å². The minimum absolute atomic E-state index is 0.0581. The molecule has 0 unspecified atom stereocenters. The van der Waals surface area contributed by atoms with Crippen molar-refractivity contribution in [1.82, 2.24) is 0 Å². The Hall–Kier alpha value is -6.36. The van der Waals surface area contributed by atoms with Gasteiger partial charge in [-0.25, -0.2) is 0 Å². The summed E-state index contributed by atoms with van der Waals surface area (Å²) >= 11 is 0. The summed E-state index contributed by atoms with van der Waals surface area (Å²) in [5.74, 6) is 0. The SMILES string of the molecule is Cc1cc2c3c(c1)N(c1ccc(C(C)(C)C)cc1)c1cccc4c1B3c1c(cccc1[Si]4(c1ccccc1)c1ccccc1)N2c1ccc(-c2ccc(C(C)(C)C)cc2)cc1. The van der Waals surface area contributed by atoms with Crippen molar-refractivity contribution in [2.45, 2.75) is 59.3 Å². The lowest BCUT2D eigenvalue weighted by molar-refractivity contribution is 0.590. The highest BCUT2D eigenvalue weighted by atomic mass is 28.3. The lowest BCUT2D eigenvalue weighted by Crippen LogP contribution is -2.88. The molecular weight excluding hydrogens is 752 g/mol. The second kappa shape index (κ2) is 13.6. The lowest BCUT2D eigenvalue weighted by Gasteiger charge is -2.51. The first-order valence-electron chi connectivity index (χ1n) is 21.9. The van der Waals surface area contributed by atoms with Gasteiger partial charge in [0.2, 0.25) is 0 Å². The second-order valence-corrected chi connectivity index (χ2v) is 23.2. The molecule has 61 heavy (non-hydrogen) atoms.